The van der Waals surface area contributed by atoms with E-state index in [2.05, 4.69) is 15.0 Å². The van der Waals surface area contributed by atoms with Crippen LogP contribution in [0.25, 0.3) is 23.3 Å². The Morgan fingerprint density at radius 2 is 1.14 bits per heavy atom. The Morgan fingerprint density at radius 3 is 1.71 bits per heavy atom. The van der Waals surface area contributed by atoms with Crippen LogP contribution in [0, 0.1) is 0 Å². The van der Waals surface area contributed by atoms with E-state index in [1.54, 1.807) is 6.08 Å². The minimum atomic E-state index is -1.89. The SMILES string of the molecule is ClC(Cl)(Cl)c1nc(/C=C/c2ccccc2-c2ccccc2)nc(C(Cl)(Cl)Cl)n1. The zero-order valence-electron chi connectivity index (χ0n) is 14.0. The van der Waals surface area contributed by atoms with Gasteiger partial charge in [-0.3, -0.25) is 0 Å². The fourth-order valence-electron chi connectivity index (χ4n) is 2.41. The van der Waals surface area contributed by atoms with Crippen LogP contribution in [-0.2, 0) is 7.59 Å². The highest BCUT2D eigenvalue weighted by Crippen LogP contribution is 2.40. The summed E-state index contributed by atoms with van der Waals surface area (Å²) >= 11 is 35.4. The van der Waals surface area contributed by atoms with E-state index in [1.807, 2.05) is 60.7 Å². The van der Waals surface area contributed by atoms with E-state index in [0.29, 0.717) is 0 Å². The molecule has 0 saturated heterocycles. The van der Waals surface area contributed by atoms with Crippen LogP contribution in [0.3, 0.4) is 0 Å². The normalized spacial score (nSPS) is 12.5. The highest BCUT2D eigenvalue weighted by atomic mass is 35.6. The minimum absolute atomic E-state index is 0.134. The highest BCUT2D eigenvalue weighted by Gasteiger charge is 2.33. The standard InChI is InChI=1S/C19H11Cl6N3/c20-18(21,22)16-26-15(27-17(28-16)19(23,24)25)11-10-13-8-4-5-9-14(13)12-6-2-1-3-7-12/h1-11H/b11-10+. The molecule has 0 aliphatic carbocycles. The van der Waals surface area contributed by atoms with Crippen molar-refractivity contribution in [1.82, 2.24) is 15.0 Å². The first-order chi connectivity index (χ1) is 13.1. The van der Waals surface area contributed by atoms with Crippen LogP contribution in [-0.4, -0.2) is 15.0 Å². The van der Waals surface area contributed by atoms with Crippen molar-refractivity contribution in [2.75, 3.05) is 0 Å². The van der Waals surface area contributed by atoms with Crippen molar-refractivity contribution in [2.24, 2.45) is 0 Å². The Hall–Kier alpha value is -1.07. The van der Waals surface area contributed by atoms with Gasteiger partial charge in [0.1, 0.15) is 0 Å². The third-order valence-corrected chi connectivity index (χ3v) is 4.63. The molecule has 9 heteroatoms. The molecule has 0 N–H and O–H groups in total. The lowest BCUT2D eigenvalue weighted by molar-refractivity contribution is 0.835. The highest BCUT2D eigenvalue weighted by molar-refractivity contribution is 6.67. The topological polar surface area (TPSA) is 38.7 Å². The zero-order chi connectivity index (χ0) is 20.4. The van der Waals surface area contributed by atoms with Crippen LogP contribution >= 0.6 is 69.6 Å². The van der Waals surface area contributed by atoms with Crippen LogP contribution in [0.5, 0.6) is 0 Å². The maximum Gasteiger partial charge on any atom is 0.250 e. The Labute approximate surface area is 192 Å². The summed E-state index contributed by atoms with van der Waals surface area (Å²) in [7, 11) is 0. The molecule has 0 amide bonds. The van der Waals surface area contributed by atoms with Gasteiger partial charge in [-0.1, -0.05) is 130 Å². The van der Waals surface area contributed by atoms with Crippen molar-refractivity contribution in [3.05, 3.63) is 77.6 Å². The van der Waals surface area contributed by atoms with E-state index in [-0.39, 0.29) is 17.5 Å². The molecule has 0 atom stereocenters. The van der Waals surface area contributed by atoms with Crippen LogP contribution < -0.4 is 0 Å². The van der Waals surface area contributed by atoms with Crippen molar-refractivity contribution < 1.29 is 0 Å². The van der Waals surface area contributed by atoms with Gasteiger partial charge in [0.25, 0.3) is 0 Å². The molecule has 0 aliphatic rings. The molecular formula is C19H11Cl6N3. The Morgan fingerprint density at radius 1 is 0.607 bits per heavy atom. The summed E-state index contributed by atoms with van der Waals surface area (Å²) in [6, 6.07) is 17.8. The molecule has 3 nitrogen and oxygen atoms in total. The fourth-order valence-corrected chi connectivity index (χ4v) is 2.91. The molecule has 0 spiro atoms. The maximum absolute atomic E-state index is 5.90. The van der Waals surface area contributed by atoms with Gasteiger partial charge in [0.15, 0.2) is 17.5 Å². The summed E-state index contributed by atoms with van der Waals surface area (Å²) in [4.78, 5) is 12.3. The predicted molar refractivity (Wildman–Crippen MR) is 119 cm³/mol. The first kappa shape index (κ1) is 21.6. The van der Waals surface area contributed by atoms with Gasteiger partial charge in [-0.2, -0.15) is 0 Å². The molecule has 1 heterocycles. The largest absolute Gasteiger partial charge is 0.250 e. The summed E-state index contributed by atoms with van der Waals surface area (Å²) in [5, 5.41) is 0. The first-order valence-corrected chi connectivity index (χ1v) is 10.1. The van der Waals surface area contributed by atoms with Crippen molar-refractivity contribution in [1.29, 1.82) is 0 Å². The molecule has 28 heavy (non-hydrogen) atoms. The van der Waals surface area contributed by atoms with Crippen LogP contribution in [0.4, 0.5) is 0 Å². The number of nitrogens with zero attached hydrogens (tertiary/aromatic N) is 3. The molecule has 0 aliphatic heterocycles. The number of hydrogen-bond donors (Lipinski definition) is 0. The van der Waals surface area contributed by atoms with Gasteiger partial charge in [-0.05, 0) is 22.8 Å². The molecule has 3 rings (SSSR count). The van der Waals surface area contributed by atoms with Crippen molar-refractivity contribution in [3.63, 3.8) is 0 Å². The molecule has 0 unspecified atom stereocenters. The van der Waals surface area contributed by atoms with Gasteiger partial charge in [-0.15, -0.1) is 0 Å². The van der Waals surface area contributed by atoms with Gasteiger partial charge >= 0.3 is 0 Å². The molecule has 2 aromatic carbocycles. The van der Waals surface area contributed by atoms with E-state index in [1.165, 1.54) is 0 Å². The van der Waals surface area contributed by atoms with Gasteiger partial charge in [0, 0.05) is 0 Å². The second-order valence-corrected chi connectivity index (χ2v) is 10.2. The maximum atomic E-state index is 5.90. The minimum Gasteiger partial charge on any atom is -0.209 e. The fraction of sp³-hybridized carbons (Fsp3) is 0.105. The van der Waals surface area contributed by atoms with Crippen LogP contribution in [0.2, 0.25) is 0 Å². The van der Waals surface area contributed by atoms with E-state index < -0.39 is 7.59 Å². The lowest BCUT2D eigenvalue weighted by Gasteiger charge is -2.14. The van der Waals surface area contributed by atoms with Gasteiger partial charge in [0.2, 0.25) is 7.59 Å². The third kappa shape index (κ3) is 5.50. The van der Waals surface area contributed by atoms with Gasteiger partial charge in [-0.25, -0.2) is 15.0 Å². The summed E-state index contributed by atoms with van der Waals surface area (Å²) in [5.74, 6) is -0.0739. The van der Waals surface area contributed by atoms with E-state index in [0.717, 1.165) is 16.7 Å². The van der Waals surface area contributed by atoms with E-state index in [4.69, 9.17) is 69.6 Å². The zero-order valence-corrected chi connectivity index (χ0v) is 18.5. The average molecular weight is 494 g/mol. The van der Waals surface area contributed by atoms with Gasteiger partial charge in [0.05, 0.1) is 0 Å². The van der Waals surface area contributed by atoms with Crippen LogP contribution in [0.15, 0.2) is 54.6 Å². The Kier molecular flexibility index (Phi) is 6.76. The van der Waals surface area contributed by atoms with E-state index >= 15 is 0 Å². The lowest BCUT2D eigenvalue weighted by Crippen LogP contribution is -2.16. The molecule has 0 radical (unpaired) electrons. The summed E-state index contributed by atoms with van der Waals surface area (Å²) < 4.78 is -3.78. The molecule has 3 aromatic rings. The van der Waals surface area contributed by atoms with Crippen LogP contribution in [0.1, 0.15) is 23.0 Å². The van der Waals surface area contributed by atoms with Gasteiger partial charge < -0.3 is 0 Å². The molecule has 144 valence electrons. The van der Waals surface area contributed by atoms with E-state index in [9.17, 15) is 0 Å². The second-order valence-electron chi connectivity index (χ2n) is 5.62. The first-order valence-electron chi connectivity index (χ1n) is 7.87. The monoisotopic (exact) mass is 491 g/mol. The van der Waals surface area contributed by atoms with Crippen molar-refractivity contribution in [3.8, 4) is 11.1 Å². The number of aromatic nitrogens is 3. The molecule has 1 aromatic heterocycles. The summed E-state index contributed by atoms with van der Waals surface area (Å²) in [6.45, 7) is 0. The predicted octanol–water partition coefficient (Wildman–Crippen LogP) is 7.36. The molecule has 0 saturated carbocycles. The van der Waals surface area contributed by atoms with Crippen molar-refractivity contribution in [2.45, 2.75) is 7.59 Å². The average Bonchev–Trinajstić information content (AvgIpc) is 2.66. The Balaban J connectivity index is 2.04. The number of benzene rings is 2. The molecule has 0 fully saturated rings. The second kappa shape index (κ2) is 8.74. The quantitative estimate of drug-likeness (QED) is 0.358. The Bertz CT molecular complexity index is 962. The lowest BCUT2D eigenvalue weighted by atomic mass is 9.99. The molecule has 0 bridgehead atoms. The number of alkyl halides is 6. The third-order valence-electron chi connectivity index (χ3n) is 3.62. The molecular weight excluding hydrogens is 483 g/mol. The number of halogens is 6. The number of rotatable bonds is 3. The van der Waals surface area contributed by atoms with Crippen molar-refractivity contribution >= 4 is 81.8 Å². The number of hydrogen-bond acceptors (Lipinski definition) is 3. The summed E-state index contributed by atoms with van der Waals surface area (Å²) in [6.07, 6.45) is 3.48. The summed E-state index contributed by atoms with van der Waals surface area (Å²) in [5.41, 5.74) is 3.05. The smallest absolute Gasteiger partial charge is 0.209 e.